The molecule has 5 heteroatoms. The molecular weight excluding hydrogens is 379 g/mol. The van der Waals surface area contributed by atoms with Crippen LogP contribution in [-0.4, -0.2) is 21.2 Å². The Morgan fingerprint density at radius 3 is 2.37 bits per heavy atom. The van der Waals surface area contributed by atoms with E-state index in [1.807, 2.05) is 48.5 Å². The third kappa shape index (κ3) is 3.31. The molecule has 0 radical (unpaired) electrons. The maximum atomic E-state index is 13.6. The summed E-state index contributed by atoms with van der Waals surface area (Å²) in [7, 11) is 0. The molecule has 1 aliphatic carbocycles. The van der Waals surface area contributed by atoms with Crippen LogP contribution in [0.1, 0.15) is 29.8 Å². The molecule has 3 aromatic carbocycles. The smallest absolute Gasteiger partial charge is 0.222 e. The molecule has 1 aliphatic rings. The zero-order chi connectivity index (χ0) is 20.6. The molecule has 1 aromatic heterocycles. The summed E-state index contributed by atoms with van der Waals surface area (Å²) in [6, 6.07) is 23.9. The van der Waals surface area contributed by atoms with Crippen LogP contribution < -0.4 is 0 Å². The van der Waals surface area contributed by atoms with Gasteiger partial charge in [0.1, 0.15) is 11.6 Å². The van der Waals surface area contributed by atoms with Crippen LogP contribution in [0.2, 0.25) is 0 Å². The summed E-state index contributed by atoms with van der Waals surface area (Å²) in [4.78, 5) is 9.20. The summed E-state index contributed by atoms with van der Waals surface area (Å²) in [6.45, 7) is 0.537. The lowest BCUT2D eigenvalue weighted by Crippen LogP contribution is -2.48. The molecule has 5 rings (SSSR count). The van der Waals surface area contributed by atoms with Crippen molar-refractivity contribution in [3.63, 3.8) is 0 Å². The van der Waals surface area contributed by atoms with Crippen molar-refractivity contribution in [2.75, 3.05) is 0 Å². The number of para-hydroxylation sites is 1. The Morgan fingerprint density at radius 2 is 1.60 bits per heavy atom. The molecule has 1 fully saturated rings. The molecule has 4 nitrogen and oxygen atoms in total. The van der Waals surface area contributed by atoms with Gasteiger partial charge in [-0.05, 0) is 48.2 Å². The van der Waals surface area contributed by atoms with Gasteiger partial charge in [0.05, 0.1) is 29.0 Å². The molecule has 0 bridgehead atoms. The molecule has 1 saturated carbocycles. The van der Waals surface area contributed by atoms with E-state index in [0.717, 1.165) is 11.1 Å². The van der Waals surface area contributed by atoms with Crippen molar-refractivity contribution in [3.05, 3.63) is 102 Å². The molecule has 30 heavy (non-hydrogen) atoms. The molecule has 4 aromatic rings. The van der Waals surface area contributed by atoms with E-state index in [-0.39, 0.29) is 17.8 Å². The predicted molar refractivity (Wildman–Crippen MR) is 113 cm³/mol. The first-order valence-electron chi connectivity index (χ1n) is 10.0. The second-order valence-electron chi connectivity index (χ2n) is 7.80. The Labute approximate surface area is 174 Å². The Hall–Kier alpha value is -3.31. The fourth-order valence-corrected chi connectivity index (χ4v) is 4.21. The van der Waals surface area contributed by atoms with Gasteiger partial charge in [-0.1, -0.05) is 54.6 Å². The lowest BCUT2D eigenvalue weighted by molar-refractivity contribution is -0.0457. The third-order valence-electron chi connectivity index (χ3n) is 5.89. The number of aromatic nitrogens is 2. The first-order chi connectivity index (χ1) is 14.6. The molecule has 0 aliphatic heterocycles. The van der Waals surface area contributed by atoms with Crippen molar-refractivity contribution >= 4 is 10.9 Å². The highest BCUT2D eigenvalue weighted by atomic mass is 19.1. The molecule has 0 atom stereocenters. The first kappa shape index (κ1) is 18.7. The van der Waals surface area contributed by atoms with Crippen LogP contribution in [0.3, 0.4) is 0 Å². The molecule has 1 N–H and O–H groups in total. The first-order valence-corrected chi connectivity index (χ1v) is 10.0. The summed E-state index contributed by atoms with van der Waals surface area (Å²) in [5, 5.41) is 11.1. The Kier molecular flexibility index (Phi) is 4.68. The summed E-state index contributed by atoms with van der Waals surface area (Å²) < 4.78 is 19.7. The van der Waals surface area contributed by atoms with Gasteiger partial charge in [-0.3, -0.25) is 0 Å². The lowest BCUT2D eigenvalue weighted by atomic mass is 9.62. The van der Waals surface area contributed by atoms with Crippen LogP contribution in [0, 0.1) is 5.82 Å². The van der Waals surface area contributed by atoms with Gasteiger partial charge in [0, 0.05) is 0 Å². The average Bonchev–Trinajstić information content (AvgIpc) is 2.75. The van der Waals surface area contributed by atoms with Crippen molar-refractivity contribution in [1.82, 2.24) is 9.97 Å². The van der Waals surface area contributed by atoms with Crippen LogP contribution in [0.4, 0.5) is 4.39 Å². The van der Waals surface area contributed by atoms with E-state index in [4.69, 9.17) is 9.72 Å². The quantitative estimate of drug-likeness (QED) is 0.504. The topological polar surface area (TPSA) is 55.2 Å². The van der Waals surface area contributed by atoms with Crippen molar-refractivity contribution in [2.24, 2.45) is 0 Å². The molecule has 150 valence electrons. The molecule has 0 unspecified atom stereocenters. The second-order valence-corrected chi connectivity index (χ2v) is 7.80. The number of hydrogen-bond acceptors (Lipinski definition) is 4. The summed E-state index contributed by atoms with van der Waals surface area (Å²) >= 11 is 0. The molecule has 1 heterocycles. The number of rotatable bonds is 5. The van der Waals surface area contributed by atoms with E-state index in [9.17, 15) is 9.50 Å². The van der Waals surface area contributed by atoms with Gasteiger partial charge in [-0.2, -0.15) is 4.98 Å². The zero-order valence-electron chi connectivity index (χ0n) is 16.3. The van der Waals surface area contributed by atoms with Crippen LogP contribution in [0.15, 0.2) is 78.9 Å². The van der Waals surface area contributed by atoms with E-state index in [1.165, 1.54) is 12.1 Å². The third-order valence-corrected chi connectivity index (χ3v) is 5.89. The average molecular weight is 400 g/mol. The maximum Gasteiger partial charge on any atom is 0.222 e. The van der Waals surface area contributed by atoms with Crippen LogP contribution >= 0.6 is 0 Å². The minimum absolute atomic E-state index is 0.0347. The van der Waals surface area contributed by atoms with Gasteiger partial charge in [0.2, 0.25) is 5.88 Å². The van der Waals surface area contributed by atoms with E-state index in [1.54, 1.807) is 18.2 Å². The Morgan fingerprint density at radius 1 is 0.900 bits per heavy atom. The number of benzene rings is 3. The second kappa shape index (κ2) is 7.50. The minimum Gasteiger partial charge on any atom is -0.493 e. The Bertz CT molecular complexity index is 1170. The molecular formula is C25H21FN2O2. The number of fused-ring (bicyclic) bond motifs is 1. The van der Waals surface area contributed by atoms with E-state index < -0.39 is 5.41 Å². The van der Waals surface area contributed by atoms with Crippen molar-refractivity contribution in [2.45, 2.75) is 31.0 Å². The van der Waals surface area contributed by atoms with Gasteiger partial charge in [-0.15, -0.1) is 0 Å². The highest BCUT2D eigenvalue weighted by molar-refractivity contribution is 5.83. The SMILES string of the molecule is Oc1nc([C@]2(c3ccc(F)cc3)C[C@@H](OCc3ccccc3)C2)nc2ccccc12. The largest absolute Gasteiger partial charge is 0.493 e. The number of hydrogen-bond donors (Lipinski definition) is 1. The monoisotopic (exact) mass is 400 g/mol. The number of ether oxygens (including phenoxy) is 1. The van der Waals surface area contributed by atoms with Crippen molar-refractivity contribution in [1.29, 1.82) is 0 Å². The molecule has 0 saturated heterocycles. The zero-order valence-corrected chi connectivity index (χ0v) is 16.3. The van der Waals surface area contributed by atoms with Crippen LogP contribution in [0.5, 0.6) is 5.88 Å². The lowest BCUT2D eigenvalue weighted by Gasteiger charge is -2.46. The van der Waals surface area contributed by atoms with E-state index in [0.29, 0.717) is 36.2 Å². The fraction of sp³-hybridized carbons (Fsp3) is 0.200. The van der Waals surface area contributed by atoms with Gasteiger partial charge >= 0.3 is 0 Å². The minimum atomic E-state index is -0.517. The Balaban J connectivity index is 1.47. The summed E-state index contributed by atoms with van der Waals surface area (Å²) in [5.74, 6) is 0.225. The summed E-state index contributed by atoms with van der Waals surface area (Å²) in [5.41, 5.74) is 2.22. The highest BCUT2D eigenvalue weighted by Gasteiger charge is 2.50. The van der Waals surface area contributed by atoms with Gasteiger partial charge in [0.15, 0.2) is 0 Å². The van der Waals surface area contributed by atoms with Crippen molar-refractivity contribution < 1.29 is 14.2 Å². The summed E-state index contributed by atoms with van der Waals surface area (Å²) in [6.07, 6.45) is 1.37. The van der Waals surface area contributed by atoms with Gasteiger partial charge in [-0.25, -0.2) is 9.37 Å². The fourth-order valence-electron chi connectivity index (χ4n) is 4.21. The molecule has 0 amide bonds. The highest BCUT2D eigenvalue weighted by Crippen LogP contribution is 2.50. The number of nitrogens with zero attached hydrogens (tertiary/aromatic N) is 2. The van der Waals surface area contributed by atoms with E-state index >= 15 is 0 Å². The number of halogens is 1. The number of aromatic hydroxyl groups is 1. The normalized spacial score (nSPS) is 20.8. The van der Waals surface area contributed by atoms with Crippen molar-refractivity contribution in [3.8, 4) is 5.88 Å². The van der Waals surface area contributed by atoms with Gasteiger partial charge < -0.3 is 9.84 Å². The maximum absolute atomic E-state index is 13.6. The van der Waals surface area contributed by atoms with Crippen LogP contribution in [0.25, 0.3) is 10.9 Å². The van der Waals surface area contributed by atoms with Crippen LogP contribution in [-0.2, 0) is 16.8 Å². The van der Waals surface area contributed by atoms with E-state index in [2.05, 4.69) is 4.98 Å². The standard InChI is InChI=1S/C25H21FN2O2/c26-19-12-10-18(11-13-19)25(14-20(15-25)30-16-17-6-2-1-3-7-17)24-27-22-9-5-4-8-21(22)23(29)28-24/h1-13,20H,14-16H2,(H,27,28,29)/t20-,25-. The predicted octanol–water partition coefficient (Wildman–Crippen LogP) is 5.14. The van der Waals surface area contributed by atoms with Gasteiger partial charge in [0.25, 0.3) is 0 Å². The molecule has 0 spiro atoms.